The molecule has 0 radical (unpaired) electrons. The third-order valence-electron chi connectivity index (χ3n) is 3.74. The highest BCUT2D eigenvalue weighted by Crippen LogP contribution is 2.20. The van der Waals surface area contributed by atoms with E-state index in [9.17, 15) is 4.79 Å². The normalized spacial score (nSPS) is 23.0. The summed E-state index contributed by atoms with van der Waals surface area (Å²) < 4.78 is 0. The first-order valence-corrected chi connectivity index (χ1v) is 6.58. The van der Waals surface area contributed by atoms with Gasteiger partial charge in [0, 0.05) is 30.9 Å². The second kappa shape index (κ2) is 7.29. The number of piperidine rings is 2. The standard InChI is InChI=1S/C11H20ClN3O.ClH/c12-13-11(16)15-8-4-10(5-9-15)14-6-2-1-3-7-14;/h10H,1-9H2,(H,13,16);1H. The topological polar surface area (TPSA) is 35.6 Å². The quantitative estimate of drug-likeness (QED) is 0.749. The number of likely N-dealkylation sites (tertiary alicyclic amines) is 2. The summed E-state index contributed by atoms with van der Waals surface area (Å²) >= 11 is 5.32. The van der Waals surface area contributed by atoms with Gasteiger partial charge in [-0.05, 0) is 38.8 Å². The molecule has 1 N–H and O–H groups in total. The van der Waals surface area contributed by atoms with Crippen LogP contribution in [0.25, 0.3) is 0 Å². The van der Waals surface area contributed by atoms with E-state index >= 15 is 0 Å². The lowest BCUT2D eigenvalue weighted by Crippen LogP contribution is -2.49. The molecule has 0 bridgehead atoms. The van der Waals surface area contributed by atoms with Crippen LogP contribution in [0.4, 0.5) is 4.79 Å². The highest BCUT2D eigenvalue weighted by atomic mass is 35.5. The van der Waals surface area contributed by atoms with Crippen molar-refractivity contribution in [3.8, 4) is 0 Å². The summed E-state index contributed by atoms with van der Waals surface area (Å²) in [7, 11) is 0. The summed E-state index contributed by atoms with van der Waals surface area (Å²) in [5, 5.41) is 0. The molecule has 0 aliphatic carbocycles. The van der Waals surface area contributed by atoms with Gasteiger partial charge in [0.05, 0.1) is 0 Å². The molecule has 0 aromatic carbocycles. The Balaban J connectivity index is 0.00000144. The average Bonchev–Trinajstić information content (AvgIpc) is 2.39. The van der Waals surface area contributed by atoms with Crippen molar-refractivity contribution in [1.29, 1.82) is 0 Å². The van der Waals surface area contributed by atoms with Gasteiger partial charge >= 0.3 is 6.03 Å². The van der Waals surface area contributed by atoms with Gasteiger partial charge < -0.3 is 9.80 Å². The van der Waals surface area contributed by atoms with Crippen LogP contribution >= 0.6 is 24.2 Å². The number of hydrogen-bond donors (Lipinski definition) is 1. The predicted octanol–water partition coefficient (Wildman–Crippen LogP) is 2.22. The number of rotatable bonds is 1. The molecule has 2 heterocycles. The molecule has 0 spiro atoms. The minimum atomic E-state index is -0.154. The smallest absolute Gasteiger partial charge is 0.324 e. The fourth-order valence-electron chi connectivity index (χ4n) is 2.78. The van der Waals surface area contributed by atoms with Gasteiger partial charge in [-0.15, -0.1) is 12.4 Å². The minimum Gasteiger partial charge on any atom is -0.324 e. The van der Waals surface area contributed by atoms with Gasteiger partial charge in [0.15, 0.2) is 0 Å². The van der Waals surface area contributed by atoms with E-state index in [4.69, 9.17) is 11.8 Å². The van der Waals surface area contributed by atoms with Crippen molar-refractivity contribution in [2.24, 2.45) is 0 Å². The number of nitrogens with one attached hydrogen (secondary N) is 1. The second-order valence-corrected chi connectivity index (χ2v) is 4.90. The number of nitrogens with zero attached hydrogens (tertiary/aromatic N) is 2. The zero-order valence-corrected chi connectivity index (χ0v) is 11.6. The summed E-state index contributed by atoms with van der Waals surface area (Å²) in [6, 6.07) is 0.526. The number of amides is 2. The van der Waals surface area contributed by atoms with E-state index in [0.29, 0.717) is 6.04 Å². The number of carbonyl (C=O) groups is 1. The van der Waals surface area contributed by atoms with E-state index in [2.05, 4.69) is 9.74 Å². The fraction of sp³-hybridized carbons (Fsp3) is 0.909. The second-order valence-electron chi connectivity index (χ2n) is 4.71. The Labute approximate surface area is 114 Å². The maximum absolute atomic E-state index is 11.3. The molecule has 2 fully saturated rings. The lowest BCUT2D eigenvalue weighted by Gasteiger charge is -2.39. The van der Waals surface area contributed by atoms with Crippen LogP contribution in [-0.2, 0) is 0 Å². The molecule has 0 unspecified atom stereocenters. The number of carbonyl (C=O) groups excluding carboxylic acids is 1. The molecular weight excluding hydrogens is 261 g/mol. The van der Waals surface area contributed by atoms with Gasteiger partial charge in [-0.2, -0.15) is 0 Å². The first-order valence-electron chi connectivity index (χ1n) is 6.21. The van der Waals surface area contributed by atoms with Crippen LogP contribution in [-0.4, -0.2) is 48.1 Å². The van der Waals surface area contributed by atoms with Crippen molar-refractivity contribution >= 4 is 30.2 Å². The Hall–Kier alpha value is -0.190. The van der Waals surface area contributed by atoms with Crippen LogP contribution in [0.1, 0.15) is 32.1 Å². The van der Waals surface area contributed by atoms with E-state index in [1.165, 1.54) is 32.4 Å². The van der Waals surface area contributed by atoms with Crippen molar-refractivity contribution in [2.45, 2.75) is 38.1 Å². The van der Waals surface area contributed by atoms with Crippen LogP contribution in [0.2, 0.25) is 0 Å². The van der Waals surface area contributed by atoms with Gasteiger partial charge in [0.2, 0.25) is 0 Å². The maximum atomic E-state index is 11.3. The summed E-state index contributed by atoms with van der Waals surface area (Å²) in [5.74, 6) is 0. The molecular formula is C11H21Cl2N3O. The first-order chi connectivity index (χ1) is 7.81. The van der Waals surface area contributed by atoms with E-state index in [0.717, 1.165) is 25.9 Å². The van der Waals surface area contributed by atoms with Crippen LogP contribution in [0.5, 0.6) is 0 Å². The Morgan fingerprint density at radius 2 is 1.65 bits per heavy atom. The number of urea groups is 1. The third-order valence-corrected chi connectivity index (χ3v) is 3.90. The zero-order valence-electron chi connectivity index (χ0n) is 10.0. The number of hydrogen-bond acceptors (Lipinski definition) is 2. The predicted molar refractivity (Wildman–Crippen MR) is 71.7 cm³/mol. The molecule has 0 aromatic rings. The third kappa shape index (κ3) is 3.90. The van der Waals surface area contributed by atoms with Gasteiger partial charge in [-0.25, -0.2) is 9.63 Å². The van der Waals surface area contributed by atoms with Crippen LogP contribution < -0.4 is 4.84 Å². The molecule has 0 aromatic heterocycles. The Bertz CT molecular complexity index is 239. The van der Waals surface area contributed by atoms with Gasteiger partial charge in [-0.1, -0.05) is 6.42 Å². The van der Waals surface area contributed by atoms with Crippen LogP contribution in [0.15, 0.2) is 0 Å². The van der Waals surface area contributed by atoms with Crippen LogP contribution in [0.3, 0.4) is 0 Å². The molecule has 2 amide bonds. The Kier molecular flexibility index (Phi) is 6.38. The van der Waals surface area contributed by atoms with Gasteiger partial charge in [-0.3, -0.25) is 0 Å². The molecule has 0 saturated carbocycles. The van der Waals surface area contributed by atoms with Gasteiger partial charge in [0.1, 0.15) is 0 Å². The molecule has 100 valence electrons. The Morgan fingerprint density at radius 1 is 1.06 bits per heavy atom. The van der Waals surface area contributed by atoms with E-state index in [1.54, 1.807) is 4.90 Å². The fourth-order valence-corrected chi connectivity index (χ4v) is 2.90. The summed E-state index contributed by atoms with van der Waals surface area (Å²) in [6.07, 6.45) is 6.23. The van der Waals surface area contributed by atoms with Crippen molar-refractivity contribution < 1.29 is 4.79 Å². The highest BCUT2D eigenvalue weighted by molar-refractivity contribution is 6.21. The molecule has 2 saturated heterocycles. The summed E-state index contributed by atoms with van der Waals surface area (Å²) in [4.78, 5) is 17.9. The minimum absolute atomic E-state index is 0. The maximum Gasteiger partial charge on any atom is 0.331 e. The SMILES string of the molecule is Cl.O=C(NCl)N1CCC(N2CCCCC2)CC1. The van der Waals surface area contributed by atoms with Crippen molar-refractivity contribution in [3.63, 3.8) is 0 Å². The molecule has 17 heavy (non-hydrogen) atoms. The molecule has 0 atom stereocenters. The lowest BCUT2D eigenvalue weighted by molar-refractivity contribution is 0.103. The molecule has 6 heteroatoms. The van der Waals surface area contributed by atoms with Crippen molar-refractivity contribution in [3.05, 3.63) is 0 Å². The monoisotopic (exact) mass is 281 g/mol. The highest BCUT2D eigenvalue weighted by Gasteiger charge is 2.27. The van der Waals surface area contributed by atoms with E-state index in [1.807, 2.05) is 0 Å². The summed E-state index contributed by atoms with van der Waals surface area (Å²) in [5.41, 5.74) is 0. The summed E-state index contributed by atoms with van der Waals surface area (Å²) in [6.45, 7) is 4.15. The Morgan fingerprint density at radius 3 is 2.18 bits per heavy atom. The lowest BCUT2D eigenvalue weighted by atomic mass is 10.0. The first kappa shape index (κ1) is 14.9. The molecule has 2 aliphatic heterocycles. The van der Waals surface area contributed by atoms with Crippen molar-refractivity contribution in [1.82, 2.24) is 14.6 Å². The van der Waals surface area contributed by atoms with Crippen LogP contribution in [0, 0.1) is 0 Å². The average molecular weight is 282 g/mol. The van der Waals surface area contributed by atoms with Gasteiger partial charge in [0.25, 0.3) is 0 Å². The molecule has 4 nitrogen and oxygen atoms in total. The van der Waals surface area contributed by atoms with E-state index in [-0.39, 0.29) is 18.4 Å². The zero-order chi connectivity index (χ0) is 11.4. The van der Waals surface area contributed by atoms with Crippen molar-refractivity contribution in [2.75, 3.05) is 26.2 Å². The largest absolute Gasteiger partial charge is 0.331 e. The molecule has 2 aliphatic rings. The van der Waals surface area contributed by atoms with E-state index < -0.39 is 0 Å². The molecule has 2 rings (SSSR count). The number of halogens is 2.